The van der Waals surface area contributed by atoms with Crippen molar-refractivity contribution in [2.75, 3.05) is 33.3 Å². The molecule has 1 aliphatic rings. The Hall–Kier alpha value is -2.57. The van der Waals surface area contributed by atoms with Crippen LogP contribution >= 0.6 is 0 Å². The Morgan fingerprint density at radius 1 is 1.19 bits per heavy atom. The number of esters is 1. The van der Waals surface area contributed by atoms with Crippen LogP contribution in [0, 0.1) is 5.92 Å². The van der Waals surface area contributed by atoms with E-state index in [1.165, 1.54) is 7.11 Å². The Kier molecular flexibility index (Phi) is 8.10. The maximum Gasteiger partial charge on any atom is 0.308 e. The zero-order chi connectivity index (χ0) is 19.6. The molecule has 0 unspecified atom stereocenters. The molecule has 2 rings (SSSR count). The minimum absolute atomic E-state index is 0.0251. The quantitative estimate of drug-likeness (QED) is 0.451. The number of carbonyl (C=O) groups excluding carboxylic acids is 2. The van der Waals surface area contributed by atoms with Crippen LogP contribution in [0.15, 0.2) is 29.3 Å². The molecule has 1 fully saturated rings. The van der Waals surface area contributed by atoms with Gasteiger partial charge >= 0.3 is 5.97 Å². The predicted molar refractivity (Wildman–Crippen MR) is 106 cm³/mol. The second-order valence-electron chi connectivity index (χ2n) is 6.51. The number of carbonyl (C=O) groups is 2. The zero-order valence-corrected chi connectivity index (χ0v) is 16.5. The van der Waals surface area contributed by atoms with E-state index in [1.54, 1.807) is 6.07 Å². The van der Waals surface area contributed by atoms with E-state index in [4.69, 9.17) is 9.73 Å². The van der Waals surface area contributed by atoms with Gasteiger partial charge in [-0.25, -0.2) is 4.99 Å². The highest BCUT2D eigenvalue weighted by atomic mass is 16.5. The van der Waals surface area contributed by atoms with E-state index in [0.717, 1.165) is 44.0 Å². The lowest BCUT2D eigenvalue weighted by Gasteiger charge is -2.33. The Morgan fingerprint density at radius 2 is 1.89 bits per heavy atom. The van der Waals surface area contributed by atoms with Crippen LogP contribution < -0.4 is 10.6 Å². The summed E-state index contributed by atoms with van der Waals surface area (Å²) in [6, 6.07) is 7.53. The number of piperidine rings is 1. The molecular weight excluding hydrogens is 344 g/mol. The molecule has 2 N–H and O–H groups in total. The minimum atomic E-state index is -0.126. The van der Waals surface area contributed by atoms with Crippen molar-refractivity contribution >= 4 is 17.8 Å². The molecule has 1 amide bonds. The van der Waals surface area contributed by atoms with Crippen molar-refractivity contribution in [2.24, 2.45) is 10.9 Å². The van der Waals surface area contributed by atoms with Crippen molar-refractivity contribution in [3.63, 3.8) is 0 Å². The number of hydrogen-bond donors (Lipinski definition) is 2. The zero-order valence-electron chi connectivity index (χ0n) is 16.5. The van der Waals surface area contributed by atoms with Gasteiger partial charge in [-0.1, -0.05) is 12.1 Å². The summed E-state index contributed by atoms with van der Waals surface area (Å²) in [6.45, 7) is 7.34. The third-order valence-corrected chi connectivity index (χ3v) is 4.60. The molecule has 148 valence electrons. The summed E-state index contributed by atoms with van der Waals surface area (Å²) >= 11 is 0. The topological polar surface area (TPSA) is 83.0 Å². The average Bonchev–Trinajstić information content (AvgIpc) is 2.71. The van der Waals surface area contributed by atoms with Crippen molar-refractivity contribution in [2.45, 2.75) is 33.2 Å². The average molecular weight is 374 g/mol. The number of benzene rings is 1. The number of nitrogens with one attached hydrogen (secondary N) is 2. The number of ether oxygens (including phenoxy) is 1. The molecule has 7 heteroatoms. The minimum Gasteiger partial charge on any atom is -0.469 e. The van der Waals surface area contributed by atoms with Crippen molar-refractivity contribution < 1.29 is 14.3 Å². The summed E-state index contributed by atoms with van der Waals surface area (Å²) in [6.07, 6.45) is 1.54. The Labute approximate surface area is 161 Å². The SMILES string of the molecule is CCNC(=O)c1cccc(CN=C(NCC)N2CCC(C(=O)OC)CC2)c1. The molecule has 0 atom stereocenters. The van der Waals surface area contributed by atoms with Crippen LogP contribution in [-0.2, 0) is 16.1 Å². The smallest absolute Gasteiger partial charge is 0.308 e. The Morgan fingerprint density at radius 3 is 2.52 bits per heavy atom. The van der Waals surface area contributed by atoms with Crippen molar-refractivity contribution in [1.29, 1.82) is 0 Å². The molecule has 27 heavy (non-hydrogen) atoms. The van der Waals surface area contributed by atoms with Gasteiger partial charge in [0.15, 0.2) is 5.96 Å². The van der Waals surface area contributed by atoms with Gasteiger partial charge in [0.2, 0.25) is 0 Å². The predicted octanol–water partition coefficient (Wildman–Crippen LogP) is 1.79. The molecule has 1 aromatic rings. The number of methoxy groups -OCH3 is 1. The molecule has 1 aliphatic heterocycles. The summed E-state index contributed by atoms with van der Waals surface area (Å²) < 4.78 is 4.85. The van der Waals surface area contributed by atoms with E-state index in [1.807, 2.05) is 32.0 Å². The van der Waals surface area contributed by atoms with Crippen LogP contribution in [-0.4, -0.2) is 56.0 Å². The van der Waals surface area contributed by atoms with Gasteiger partial charge in [-0.3, -0.25) is 9.59 Å². The number of nitrogens with zero attached hydrogens (tertiary/aromatic N) is 2. The highest BCUT2D eigenvalue weighted by molar-refractivity contribution is 5.94. The highest BCUT2D eigenvalue weighted by Crippen LogP contribution is 2.18. The first-order valence-electron chi connectivity index (χ1n) is 9.57. The van der Waals surface area contributed by atoms with Gasteiger partial charge in [0.1, 0.15) is 0 Å². The first kappa shape index (κ1) is 20.7. The number of rotatable bonds is 6. The van der Waals surface area contributed by atoms with Crippen LogP contribution in [0.1, 0.15) is 42.6 Å². The molecule has 0 spiro atoms. The first-order valence-corrected chi connectivity index (χ1v) is 9.57. The lowest BCUT2D eigenvalue weighted by molar-refractivity contribution is -0.146. The van der Waals surface area contributed by atoms with Gasteiger partial charge in [-0.15, -0.1) is 0 Å². The van der Waals surface area contributed by atoms with E-state index >= 15 is 0 Å². The van der Waals surface area contributed by atoms with Gasteiger partial charge in [-0.2, -0.15) is 0 Å². The maximum atomic E-state index is 12.0. The monoisotopic (exact) mass is 374 g/mol. The summed E-state index contributed by atoms with van der Waals surface area (Å²) in [4.78, 5) is 30.6. The van der Waals surface area contributed by atoms with Gasteiger partial charge in [0.05, 0.1) is 19.6 Å². The lowest BCUT2D eigenvalue weighted by Crippen LogP contribution is -2.46. The van der Waals surface area contributed by atoms with E-state index in [2.05, 4.69) is 15.5 Å². The van der Waals surface area contributed by atoms with Gasteiger partial charge < -0.3 is 20.3 Å². The number of amides is 1. The fraction of sp³-hybridized carbons (Fsp3) is 0.550. The third-order valence-electron chi connectivity index (χ3n) is 4.60. The summed E-state index contributed by atoms with van der Waals surface area (Å²) in [5.41, 5.74) is 1.63. The van der Waals surface area contributed by atoms with Crippen LogP contribution in [0.5, 0.6) is 0 Å². The first-order chi connectivity index (χ1) is 13.1. The molecule has 0 saturated carbocycles. The van der Waals surface area contributed by atoms with Crippen molar-refractivity contribution in [3.8, 4) is 0 Å². The van der Waals surface area contributed by atoms with E-state index in [9.17, 15) is 9.59 Å². The van der Waals surface area contributed by atoms with Gasteiger partial charge in [0, 0.05) is 31.7 Å². The van der Waals surface area contributed by atoms with Gasteiger partial charge in [-0.05, 0) is 44.4 Å². The fourth-order valence-electron chi connectivity index (χ4n) is 3.16. The summed E-state index contributed by atoms with van der Waals surface area (Å²) in [7, 11) is 1.44. The summed E-state index contributed by atoms with van der Waals surface area (Å²) in [5.74, 6) is 0.617. The molecule has 0 bridgehead atoms. The molecule has 0 aliphatic carbocycles. The molecule has 1 saturated heterocycles. The number of aliphatic imine (C=N–C) groups is 1. The standard InChI is InChI=1S/C20H30N4O3/c1-4-21-18(25)17-8-6-7-15(13-17)14-23-20(22-5-2)24-11-9-16(10-12-24)19(26)27-3/h6-8,13,16H,4-5,9-12,14H2,1-3H3,(H,21,25)(H,22,23). The summed E-state index contributed by atoms with van der Waals surface area (Å²) in [5, 5.41) is 6.13. The molecular formula is C20H30N4O3. The van der Waals surface area contributed by atoms with E-state index in [-0.39, 0.29) is 17.8 Å². The maximum absolute atomic E-state index is 12.0. The molecule has 0 radical (unpaired) electrons. The molecule has 7 nitrogen and oxygen atoms in total. The van der Waals surface area contributed by atoms with Crippen LogP contribution in [0.4, 0.5) is 0 Å². The second kappa shape index (κ2) is 10.5. The second-order valence-corrected chi connectivity index (χ2v) is 6.51. The van der Waals surface area contributed by atoms with E-state index < -0.39 is 0 Å². The number of hydrogen-bond acceptors (Lipinski definition) is 4. The van der Waals surface area contributed by atoms with Crippen molar-refractivity contribution in [3.05, 3.63) is 35.4 Å². The number of likely N-dealkylation sites (tertiary alicyclic amines) is 1. The molecule has 0 aromatic heterocycles. The lowest BCUT2D eigenvalue weighted by atomic mass is 9.97. The van der Waals surface area contributed by atoms with E-state index in [0.29, 0.717) is 18.7 Å². The van der Waals surface area contributed by atoms with Crippen LogP contribution in [0.25, 0.3) is 0 Å². The highest BCUT2D eigenvalue weighted by Gasteiger charge is 2.26. The largest absolute Gasteiger partial charge is 0.469 e. The Bertz CT molecular complexity index is 667. The van der Waals surface area contributed by atoms with Gasteiger partial charge in [0.25, 0.3) is 5.91 Å². The third kappa shape index (κ3) is 5.98. The van der Waals surface area contributed by atoms with Crippen LogP contribution in [0.2, 0.25) is 0 Å². The number of guanidine groups is 1. The van der Waals surface area contributed by atoms with Crippen molar-refractivity contribution in [1.82, 2.24) is 15.5 Å². The molecule has 1 aromatic carbocycles. The van der Waals surface area contributed by atoms with Crippen LogP contribution in [0.3, 0.4) is 0 Å². The normalized spacial score (nSPS) is 15.4. The fourth-order valence-corrected chi connectivity index (χ4v) is 3.16. The Balaban J connectivity index is 2.03. The molecule has 1 heterocycles.